The van der Waals surface area contributed by atoms with Crippen LogP contribution in [0.3, 0.4) is 0 Å². The molecule has 4 aromatic rings. The second kappa shape index (κ2) is 7.85. The van der Waals surface area contributed by atoms with Gasteiger partial charge in [-0.3, -0.25) is 14.5 Å². The highest BCUT2D eigenvalue weighted by Crippen LogP contribution is 2.45. The Labute approximate surface area is 197 Å². The second-order valence-electron chi connectivity index (χ2n) is 7.59. The van der Waals surface area contributed by atoms with E-state index in [0.717, 1.165) is 20.7 Å². The van der Waals surface area contributed by atoms with Crippen LogP contribution in [0.25, 0.3) is 16.0 Å². The molecule has 2 aromatic heterocycles. The smallest absolute Gasteiger partial charge is 0.301 e. The number of anilines is 1. The van der Waals surface area contributed by atoms with E-state index in [9.17, 15) is 14.7 Å². The van der Waals surface area contributed by atoms with Gasteiger partial charge in [-0.15, -0.1) is 11.3 Å². The Balaban J connectivity index is 1.71. The maximum Gasteiger partial charge on any atom is 0.301 e. The van der Waals surface area contributed by atoms with Crippen LogP contribution in [0.5, 0.6) is 0 Å². The molecule has 0 bridgehead atoms. The van der Waals surface area contributed by atoms with Crippen molar-refractivity contribution in [3.8, 4) is 0 Å². The van der Waals surface area contributed by atoms with Crippen LogP contribution < -0.4 is 4.90 Å². The lowest BCUT2D eigenvalue weighted by Gasteiger charge is -2.21. The summed E-state index contributed by atoms with van der Waals surface area (Å²) in [6, 6.07) is 13.7. The number of aryl methyl sites for hydroxylation is 2. The number of nitrogens with zero attached hydrogens (tertiary/aromatic N) is 2. The molecule has 1 unspecified atom stereocenters. The molecule has 0 radical (unpaired) electrons. The summed E-state index contributed by atoms with van der Waals surface area (Å²) in [5.74, 6) is -1.62. The molecule has 1 fully saturated rings. The number of thiophene rings is 1. The fourth-order valence-corrected chi connectivity index (χ4v) is 5.87. The molecule has 0 saturated carbocycles. The van der Waals surface area contributed by atoms with Gasteiger partial charge in [-0.25, -0.2) is 4.98 Å². The molecule has 160 valence electrons. The van der Waals surface area contributed by atoms with Crippen molar-refractivity contribution < 1.29 is 14.7 Å². The number of thiazole rings is 1. The first-order valence-corrected chi connectivity index (χ1v) is 11.9. The van der Waals surface area contributed by atoms with Gasteiger partial charge in [0.2, 0.25) is 0 Å². The van der Waals surface area contributed by atoms with Crippen LogP contribution in [0, 0.1) is 13.8 Å². The molecule has 1 atom stereocenters. The van der Waals surface area contributed by atoms with Crippen molar-refractivity contribution in [2.75, 3.05) is 4.90 Å². The number of ketones is 1. The zero-order chi connectivity index (χ0) is 22.6. The van der Waals surface area contributed by atoms with Gasteiger partial charge >= 0.3 is 5.91 Å². The molecule has 3 heterocycles. The largest absolute Gasteiger partial charge is 0.507 e. The van der Waals surface area contributed by atoms with Crippen molar-refractivity contribution in [1.29, 1.82) is 0 Å². The number of aliphatic hydroxyl groups excluding tert-OH is 1. The van der Waals surface area contributed by atoms with Crippen molar-refractivity contribution in [2.24, 2.45) is 0 Å². The number of halogens is 1. The van der Waals surface area contributed by atoms with E-state index < -0.39 is 17.7 Å². The highest BCUT2D eigenvalue weighted by Gasteiger charge is 2.48. The molecule has 1 aliphatic heterocycles. The summed E-state index contributed by atoms with van der Waals surface area (Å²) < 4.78 is 0.813. The Morgan fingerprint density at radius 3 is 2.62 bits per heavy atom. The third kappa shape index (κ3) is 3.33. The van der Waals surface area contributed by atoms with Crippen LogP contribution in [0.2, 0.25) is 5.02 Å². The summed E-state index contributed by atoms with van der Waals surface area (Å²) in [6.45, 7) is 3.91. The monoisotopic (exact) mass is 480 g/mol. The Hall–Kier alpha value is -3.00. The molecule has 1 saturated heterocycles. The van der Waals surface area contributed by atoms with E-state index in [-0.39, 0.29) is 11.3 Å². The highest BCUT2D eigenvalue weighted by molar-refractivity contribution is 7.22. The molecule has 1 aliphatic rings. The average molecular weight is 481 g/mol. The van der Waals surface area contributed by atoms with Crippen molar-refractivity contribution in [3.63, 3.8) is 0 Å². The number of rotatable bonds is 3. The second-order valence-corrected chi connectivity index (χ2v) is 10.0. The number of aliphatic hydroxyl groups is 1. The van der Waals surface area contributed by atoms with Crippen molar-refractivity contribution in [3.05, 3.63) is 86.1 Å². The molecule has 2 aromatic carbocycles. The summed E-state index contributed by atoms with van der Waals surface area (Å²) in [7, 11) is 0. The number of carbonyl (C=O) groups is 2. The molecular weight excluding hydrogens is 464 g/mol. The van der Waals surface area contributed by atoms with Gasteiger partial charge in [0.1, 0.15) is 11.8 Å². The summed E-state index contributed by atoms with van der Waals surface area (Å²) in [4.78, 5) is 33.1. The third-order valence-corrected chi connectivity index (χ3v) is 7.76. The SMILES string of the molecule is Cc1ccc(/C(O)=C2\C(=O)C(=O)N(c3nc4ccc(Cl)cc4s3)C2c2cccs2)cc1C. The fourth-order valence-electron chi connectivity index (χ4n) is 3.78. The molecule has 0 spiro atoms. The fraction of sp³-hybridized carbons (Fsp3) is 0.125. The lowest BCUT2D eigenvalue weighted by atomic mass is 9.98. The first-order valence-electron chi connectivity index (χ1n) is 9.83. The Bertz CT molecular complexity index is 1420. The van der Waals surface area contributed by atoms with Crippen LogP contribution in [0.1, 0.15) is 27.6 Å². The standard InChI is InChI=1S/C24H17ClN2O3S2/c1-12-5-6-14(10-13(12)2)21(28)19-20(17-4-3-9-31-17)27(23(30)22(19)29)24-26-16-8-7-15(25)11-18(16)32-24/h3-11,20,28H,1-2H3/b21-19+. The molecule has 1 N–H and O–H groups in total. The quantitative estimate of drug-likeness (QED) is 0.213. The number of Topliss-reactive ketones (excluding diaryl/α,β-unsaturated/α-hetero) is 1. The predicted molar refractivity (Wildman–Crippen MR) is 130 cm³/mol. The van der Waals surface area contributed by atoms with Gasteiger partial charge in [0.15, 0.2) is 5.13 Å². The van der Waals surface area contributed by atoms with E-state index in [1.807, 2.05) is 43.5 Å². The van der Waals surface area contributed by atoms with E-state index in [2.05, 4.69) is 4.98 Å². The molecule has 5 nitrogen and oxygen atoms in total. The van der Waals surface area contributed by atoms with Gasteiger partial charge in [0.25, 0.3) is 5.78 Å². The van der Waals surface area contributed by atoms with Crippen LogP contribution in [-0.2, 0) is 9.59 Å². The van der Waals surface area contributed by atoms with Gasteiger partial charge in [-0.1, -0.05) is 41.1 Å². The first kappa shape index (κ1) is 20.9. The molecule has 0 aliphatic carbocycles. The zero-order valence-corrected chi connectivity index (χ0v) is 19.5. The maximum absolute atomic E-state index is 13.2. The van der Waals surface area contributed by atoms with Crippen molar-refractivity contribution >= 4 is 67.1 Å². The lowest BCUT2D eigenvalue weighted by Crippen LogP contribution is -2.28. The number of amides is 1. The summed E-state index contributed by atoms with van der Waals surface area (Å²) in [5, 5.41) is 14.0. The minimum absolute atomic E-state index is 0.0676. The van der Waals surface area contributed by atoms with Gasteiger partial charge in [0, 0.05) is 15.5 Å². The number of hydrogen-bond donors (Lipinski definition) is 1. The number of hydrogen-bond acceptors (Lipinski definition) is 6. The van der Waals surface area contributed by atoms with Gasteiger partial charge in [-0.2, -0.15) is 0 Å². The summed E-state index contributed by atoms with van der Waals surface area (Å²) >= 11 is 8.82. The van der Waals surface area contributed by atoms with E-state index >= 15 is 0 Å². The van der Waals surface area contributed by atoms with Crippen molar-refractivity contribution in [1.82, 2.24) is 4.98 Å². The Kier molecular flexibility index (Phi) is 5.12. The van der Waals surface area contributed by atoms with E-state index in [1.165, 1.54) is 27.6 Å². The molecule has 5 rings (SSSR count). The summed E-state index contributed by atoms with van der Waals surface area (Å²) in [6.07, 6.45) is 0. The Morgan fingerprint density at radius 2 is 1.91 bits per heavy atom. The van der Waals surface area contributed by atoms with Crippen LogP contribution >= 0.6 is 34.3 Å². The number of benzene rings is 2. The van der Waals surface area contributed by atoms with Crippen LogP contribution in [0.4, 0.5) is 5.13 Å². The average Bonchev–Trinajstić information content (AvgIpc) is 3.48. The zero-order valence-electron chi connectivity index (χ0n) is 17.1. The van der Waals surface area contributed by atoms with Gasteiger partial charge < -0.3 is 5.11 Å². The van der Waals surface area contributed by atoms with Crippen molar-refractivity contribution in [2.45, 2.75) is 19.9 Å². The van der Waals surface area contributed by atoms with E-state index in [0.29, 0.717) is 21.2 Å². The number of fused-ring (bicyclic) bond motifs is 1. The summed E-state index contributed by atoms with van der Waals surface area (Å²) in [5.41, 5.74) is 3.32. The Morgan fingerprint density at radius 1 is 1.09 bits per heavy atom. The molecule has 32 heavy (non-hydrogen) atoms. The lowest BCUT2D eigenvalue weighted by molar-refractivity contribution is -0.132. The molecular formula is C24H17ClN2O3S2. The van der Waals surface area contributed by atoms with Gasteiger partial charge in [0.05, 0.1) is 15.8 Å². The van der Waals surface area contributed by atoms with Crippen LogP contribution in [-0.4, -0.2) is 21.8 Å². The first-order chi connectivity index (χ1) is 15.3. The topological polar surface area (TPSA) is 70.5 Å². The van der Waals surface area contributed by atoms with Gasteiger partial charge in [-0.05, 0) is 60.7 Å². The number of aromatic nitrogens is 1. The highest BCUT2D eigenvalue weighted by atomic mass is 35.5. The predicted octanol–water partition coefficient (Wildman–Crippen LogP) is 6.25. The number of carbonyl (C=O) groups excluding carboxylic acids is 2. The minimum atomic E-state index is -0.757. The van der Waals surface area contributed by atoms with E-state index in [1.54, 1.807) is 24.3 Å². The molecule has 8 heteroatoms. The normalized spacial score (nSPS) is 18.1. The minimum Gasteiger partial charge on any atom is -0.507 e. The van der Waals surface area contributed by atoms with E-state index in [4.69, 9.17) is 11.6 Å². The van der Waals surface area contributed by atoms with Crippen LogP contribution in [0.15, 0.2) is 59.5 Å². The maximum atomic E-state index is 13.2. The third-order valence-electron chi connectivity index (χ3n) is 5.58. The molecule has 1 amide bonds.